The summed E-state index contributed by atoms with van der Waals surface area (Å²) >= 11 is 1.80. The van der Waals surface area contributed by atoms with Crippen LogP contribution in [0.25, 0.3) is 0 Å². The lowest BCUT2D eigenvalue weighted by atomic mass is 10.00. The number of benzene rings is 1. The molecule has 1 aromatic rings. The molecule has 1 aliphatic carbocycles. The van der Waals surface area contributed by atoms with Crippen LogP contribution in [0.4, 0.5) is 11.4 Å². The van der Waals surface area contributed by atoms with Crippen LogP contribution >= 0.6 is 11.8 Å². The van der Waals surface area contributed by atoms with Crippen molar-refractivity contribution >= 4 is 28.3 Å². The van der Waals surface area contributed by atoms with Gasteiger partial charge in [-0.3, -0.25) is 10.1 Å². The third-order valence-electron chi connectivity index (χ3n) is 4.92. The number of nitrogens with zero attached hydrogens (tertiary/aromatic N) is 3. The summed E-state index contributed by atoms with van der Waals surface area (Å²) < 4.78 is 0. The number of non-ortho nitro benzene ring substituents is 1. The quantitative estimate of drug-likeness (QED) is 0.441. The molecule has 1 heterocycles. The van der Waals surface area contributed by atoms with E-state index in [0.29, 0.717) is 0 Å². The summed E-state index contributed by atoms with van der Waals surface area (Å²) in [4.78, 5) is 17.7. The average molecular weight is 347 g/mol. The van der Waals surface area contributed by atoms with E-state index in [1.54, 1.807) is 30.0 Å². The van der Waals surface area contributed by atoms with Crippen LogP contribution in [0.15, 0.2) is 23.2 Å². The zero-order valence-corrected chi connectivity index (χ0v) is 15.1. The minimum absolute atomic E-state index is 0.130. The van der Waals surface area contributed by atoms with Crippen LogP contribution in [0.2, 0.25) is 0 Å². The molecule has 6 heteroatoms. The Hall–Kier alpha value is -1.56. The number of nitro benzene ring substituents is 1. The van der Waals surface area contributed by atoms with Gasteiger partial charge in [0.1, 0.15) is 0 Å². The maximum Gasteiger partial charge on any atom is 0.269 e. The second-order valence-corrected chi connectivity index (χ2v) is 7.84. The molecule has 1 aliphatic heterocycles. The van der Waals surface area contributed by atoms with Crippen molar-refractivity contribution in [1.29, 1.82) is 0 Å². The average Bonchev–Trinajstić information content (AvgIpc) is 2.82. The van der Waals surface area contributed by atoms with E-state index in [-0.39, 0.29) is 10.6 Å². The third kappa shape index (κ3) is 4.29. The molecule has 0 spiro atoms. The molecule has 0 atom stereocenters. The molecular formula is C18H25N3O2S. The molecule has 2 aliphatic rings. The molecule has 3 rings (SSSR count). The SMILES string of the molecule is Cc1cc([N+](=O)[O-])ccc1/N=C1\SCCN1CC1CCCCCC1. The van der Waals surface area contributed by atoms with Crippen molar-refractivity contribution in [1.82, 2.24) is 4.90 Å². The Bertz CT molecular complexity index is 625. The van der Waals surface area contributed by atoms with Crippen molar-refractivity contribution in [3.63, 3.8) is 0 Å². The topological polar surface area (TPSA) is 58.7 Å². The highest BCUT2D eigenvalue weighted by atomic mass is 32.2. The minimum atomic E-state index is -0.355. The molecule has 24 heavy (non-hydrogen) atoms. The first kappa shape index (κ1) is 17.3. The fraction of sp³-hybridized carbons (Fsp3) is 0.611. The van der Waals surface area contributed by atoms with Gasteiger partial charge in [0, 0.05) is 31.0 Å². The molecule has 0 aromatic heterocycles. The number of nitro groups is 1. The van der Waals surface area contributed by atoms with Gasteiger partial charge in [0.05, 0.1) is 10.6 Å². The van der Waals surface area contributed by atoms with Crippen molar-refractivity contribution in [2.24, 2.45) is 10.9 Å². The summed E-state index contributed by atoms with van der Waals surface area (Å²) in [5.74, 6) is 1.87. The van der Waals surface area contributed by atoms with Crippen LogP contribution in [0.1, 0.15) is 44.1 Å². The number of thioether (sulfide) groups is 1. The van der Waals surface area contributed by atoms with Gasteiger partial charge in [0.15, 0.2) is 5.17 Å². The summed E-state index contributed by atoms with van der Waals surface area (Å²) in [7, 11) is 0. The van der Waals surface area contributed by atoms with Crippen LogP contribution in [0.3, 0.4) is 0 Å². The number of hydrogen-bond donors (Lipinski definition) is 0. The van der Waals surface area contributed by atoms with E-state index in [2.05, 4.69) is 4.90 Å². The first-order chi connectivity index (χ1) is 11.6. The molecule has 0 N–H and O–H groups in total. The molecule has 0 amide bonds. The van der Waals surface area contributed by atoms with Gasteiger partial charge in [-0.25, -0.2) is 4.99 Å². The zero-order chi connectivity index (χ0) is 16.9. The van der Waals surface area contributed by atoms with Crippen molar-refractivity contribution in [2.45, 2.75) is 45.4 Å². The van der Waals surface area contributed by atoms with Crippen LogP contribution in [0.5, 0.6) is 0 Å². The van der Waals surface area contributed by atoms with Gasteiger partial charge in [-0.15, -0.1) is 0 Å². The third-order valence-corrected chi connectivity index (χ3v) is 5.92. The fourth-order valence-corrected chi connectivity index (χ4v) is 4.55. The van der Waals surface area contributed by atoms with Gasteiger partial charge in [0.2, 0.25) is 0 Å². The lowest BCUT2D eigenvalue weighted by Gasteiger charge is -2.24. The second-order valence-electron chi connectivity index (χ2n) is 6.77. The summed E-state index contributed by atoms with van der Waals surface area (Å²) in [6.45, 7) is 4.06. The van der Waals surface area contributed by atoms with E-state index in [9.17, 15) is 10.1 Å². The Balaban J connectivity index is 1.72. The highest BCUT2D eigenvalue weighted by Gasteiger charge is 2.24. The summed E-state index contributed by atoms with van der Waals surface area (Å²) in [5.41, 5.74) is 1.83. The lowest BCUT2D eigenvalue weighted by molar-refractivity contribution is -0.384. The molecule has 2 fully saturated rings. The number of aliphatic imine (C=N–C) groups is 1. The predicted octanol–water partition coefficient (Wildman–Crippen LogP) is 4.91. The molecule has 1 saturated carbocycles. The Morgan fingerprint density at radius 3 is 2.71 bits per heavy atom. The van der Waals surface area contributed by atoms with Gasteiger partial charge in [-0.05, 0) is 37.3 Å². The lowest BCUT2D eigenvalue weighted by Crippen LogP contribution is -2.30. The first-order valence-electron chi connectivity index (χ1n) is 8.85. The number of hydrogen-bond acceptors (Lipinski definition) is 4. The van der Waals surface area contributed by atoms with E-state index >= 15 is 0 Å². The molecule has 0 bridgehead atoms. The zero-order valence-electron chi connectivity index (χ0n) is 14.2. The Morgan fingerprint density at radius 2 is 2.04 bits per heavy atom. The van der Waals surface area contributed by atoms with Gasteiger partial charge in [0.25, 0.3) is 5.69 Å². The van der Waals surface area contributed by atoms with Crippen molar-refractivity contribution in [3.8, 4) is 0 Å². The largest absolute Gasteiger partial charge is 0.350 e. The van der Waals surface area contributed by atoms with E-state index in [1.807, 2.05) is 6.92 Å². The summed E-state index contributed by atoms with van der Waals surface area (Å²) in [6, 6.07) is 4.92. The van der Waals surface area contributed by atoms with Crippen LogP contribution < -0.4 is 0 Å². The Labute approximate surface area is 147 Å². The monoisotopic (exact) mass is 347 g/mol. The van der Waals surface area contributed by atoms with E-state index in [1.165, 1.54) is 38.5 Å². The van der Waals surface area contributed by atoms with Crippen molar-refractivity contribution in [3.05, 3.63) is 33.9 Å². The van der Waals surface area contributed by atoms with Gasteiger partial charge in [-0.2, -0.15) is 0 Å². The minimum Gasteiger partial charge on any atom is -0.350 e. The van der Waals surface area contributed by atoms with Crippen LogP contribution in [-0.4, -0.2) is 33.8 Å². The molecule has 130 valence electrons. The highest BCUT2D eigenvalue weighted by Crippen LogP contribution is 2.30. The fourth-order valence-electron chi connectivity index (χ4n) is 3.55. The molecule has 5 nitrogen and oxygen atoms in total. The van der Waals surface area contributed by atoms with Crippen LogP contribution in [-0.2, 0) is 0 Å². The summed E-state index contributed by atoms with van der Waals surface area (Å²) in [5, 5.41) is 11.9. The Morgan fingerprint density at radius 1 is 1.29 bits per heavy atom. The van der Waals surface area contributed by atoms with E-state index < -0.39 is 0 Å². The highest BCUT2D eigenvalue weighted by molar-refractivity contribution is 8.14. The van der Waals surface area contributed by atoms with E-state index in [0.717, 1.165) is 41.2 Å². The molecular weight excluding hydrogens is 322 g/mol. The molecule has 1 aromatic carbocycles. The first-order valence-corrected chi connectivity index (χ1v) is 9.83. The predicted molar refractivity (Wildman–Crippen MR) is 100 cm³/mol. The second kappa shape index (κ2) is 8.01. The smallest absolute Gasteiger partial charge is 0.269 e. The van der Waals surface area contributed by atoms with E-state index in [4.69, 9.17) is 4.99 Å². The van der Waals surface area contributed by atoms with Crippen molar-refractivity contribution in [2.75, 3.05) is 18.8 Å². The van der Waals surface area contributed by atoms with Crippen molar-refractivity contribution < 1.29 is 4.92 Å². The maximum atomic E-state index is 10.9. The molecule has 0 radical (unpaired) electrons. The van der Waals surface area contributed by atoms with Gasteiger partial charge < -0.3 is 4.90 Å². The Kier molecular flexibility index (Phi) is 5.76. The summed E-state index contributed by atoms with van der Waals surface area (Å²) in [6.07, 6.45) is 8.16. The number of rotatable bonds is 4. The van der Waals surface area contributed by atoms with Gasteiger partial charge in [-0.1, -0.05) is 37.4 Å². The number of amidine groups is 1. The normalized spacial score (nSPS) is 21.2. The standard InChI is InChI=1S/C18H25N3O2S/c1-14-12-16(21(22)23)8-9-17(14)19-18-20(10-11-24-18)13-15-6-4-2-3-5-7-15/h8-9,12,15H,2-7,10-11,13H2,1H3/b19-18-. The molecule has 0 unspecified atom stereocenters. The maximum absolute atomic E-state index is 10.9. The van der Waals surface area contributed by atoms with Gasteiger partial charge >= 0.3 is 0 Å². The number of aryl methyl sites for hydroxylation is 1. The van der Waals surface area contributed by atoms with Crippen LogP contribution in [0, 0.1) is 23.0 Å². The molecule has 1 saturated heterocycles.